The molecule has 2 heterocycles. The summed E-state index contributed by atoms with van der Waals surface area (Å²) in [4.78, 5) is 54.6. The van der Waals surface area contributed by atoms with Crippen molar-refractivity contribution in [3.05, 3.63) is 35.4 Å². The maximum absolute atomic E-state index is 13.6. The summed E-state index contributed by atoms with van der Waals surface area (Å²) in [6.45, 7) is 6.68. The summed E-state index contributed by atoms with van der Waals surface area (Å²) in [7, 11) is 0. The number of hydrogen-bond donors (Lipinski definition) is 3. The Balaban J connectivity index is 1.59. The lowest BCUT2D eigenvalue weighted by atomic mass is 9.75. The molecule has 5 amide bonds. The minimum Gasteiger partial charge on any atom is -0.368 e. The Bertz CT molecular complexity index is 965. The SMILES string of the molecule is Cc1ccc(CN2C(=O)C3CCC(C(=O)NCC(C)C)CC3N3C(=O)N(CC(N)=O)NC23)cc1. The van der Waals surface area contributed by atoms with Crippen LogP contribution < -0.4 is 16.5 Å². The van der Waals surface area contributed by atoms with Crippen molar-refractivity contribution < 1.29 is 19.2 Å². The van der Waals surface area contributed by atoms with E-state index in [2.05, 4.69) is 10.7 Å². The van der Waals surface area contributed by atoms with Crippen LogP contribution >= 0.6 is 0 Å². The van der Waals surface area contributed by atoms with E-state index in [9.17, 15) is 19.2 Å². The largest absolute Gasteiger partial charge is 0.368 e. The first-order valence-electron chi connectivity index (χ1n) is 11.9. The zero-order valence-corrected chi connectivity index (χ0v) is 20.0. The Labute approximate surface area is 199 Å². The molecule has 2 saturated heterocycles. The molecule has 1 aromatic rings. The number of aryl methyl sites for hydroxylation is 1. The minimum absolute atomic E-state index is 0.0353. The maximum atomic E-state index is 13.6. The molecule has 10 nitrogen and oxygen atoms in total. The van der Waals surface area contributed by atoms with Crippen molar-refractivity contribution in [3.63, 3.8) is 0 Å². The molecule has 4 unspecified atom stereocenters. The van der Waals surface area contributed by atoms with Crippen LogP contribution in [0.4, 0.5) is 4.79 Å². The molecule has 1 saturated carbocycles. The van der Waals surface area contributed by atoms with E-state index in [1.807, 2.05) is 45.0 Å². The van der Waals surface area contributed by atoms with Crippen molar-refractivity contribution in [2.24, 2.45) is 23.5 Å². The fourth-order valence-electron chi connectivity index (χ4n) is 5.13. The molecule has 0 aromatic heterocycles. The quantitative estimate of drug-likeness (QED) is 0.546. The summed E-state index contributed by atoms with van der Waals surface area (Å²) in [6, 6.07) is 7.08. The number of nitrogens with zero attached hydrogens (tertiary/aromatic N) is 3. The molecule has 3 fully saturated rings. The zero-order chi connectivity index (χ0) is 24.6. The Morgan fingerprint density at radius 2 is 1.88 bits per heavy atom. The number of hydrazine groups is 1. The Kier molecular flexibility index (Phi) is 6.79. The molecule has 0 bridgehead atoms. The summed E-state index contributed by atoms with van der Waals surface area (Å²) in [5, 5.41) is 4.16. The van der Waals surface area contributed by atoms with Gasteiger partial charge in [-0.1, -0.05) is 43.7 Å². The highest BCUT2D eigenvalue weighted by molar-refractivity contribution is 5.88. The molecule has 34 heavy (non-hydrogen) atoms. The first-order chi connectivity index (χ1) is 16.2. The lowest BCUT2D eigenvalue weighted by molar-refractivity contribution is -0.159. The van der Waals surface area contributed by atoms with Gasteiger partial charge in [0.1, 0.15) is 6.54 Å². The zero-order valence-electron chi connectivity index (χ0n) is 20.0. The second-order valence-corrected chi connectivity index (χ2v) is 10.0. The van der Waals surface area contributed by atoms with Crippen molar-refractivity contribution in [1.29, 1.82) is 0 Å². The molecule has 3 aliphatic rings. The van der Waals surface area contributed by atoms with Crippen LogP contribution in [-0.4, -0.2) is 64.0 Å². The molecule has 184 valence electrons. The molecule has 0 radical (unpaired) electrons. The minimum atomic E-state index is -0.737. The molecule has 2 aliphatic heterocycles. The van der Waals surface area contributed by atoms with E-state index in [4.69, 9.17) is 5.73 Å². The Morgan fingerprint density at radius 3 is 2.53 bits per heavy atom. The van der Waals surface area contributed by atoms with Crippen LogP contribution in [0.3, 0.4) is 0 Å². The number of amides is 5. The van der Waals surface area contributed by atoms with E-state index >= 15 is 0 Å². The molecule has 4 N–H and O–H groups in total. The average molecular weight is 471 g/mol. The molecule has 4 atom stereocenters. The van der Waals surface area contributed by atoms with E-state index < -0.39 is 30.2 Å². The lowest BCUT2D eigenvalue weighted by Crippen LogP contribution is -2.66. The van der Waals surface area contributed by atoms with Gasteiger partial charge in [0.25, 0.3) is 0 Å². The highest BCUT2D eigenvalue weighted by atomic mass is 16.2. The number of carbonyl (C=O) groups excluding carboxylic acids is 4. The van der Waals surface area contributed by atoms with Crippen LogP contribution in [-0.2, 0) is 20.9 Å². The lowest BCUT2D eigenvalue weighted by Gasteiger charge is -2.49. The normalized spacial score (nSPS) is 26.5. The highest BCUT2D eigenvalue weighted by Gasteiger charge is 2.56. The standard InChI is InChI=1S/C24H34N6O4/c1-14(2)11-26-21(32)17-8-9-18-19(10-17)30-23(27-29(24(30)34)13-20(25)31)28(22(18)33)12-16-6-4-15(3)5-7-16/h4-7,14,17-19,23,27H,8-13H2,1-3H3,(H2,25,31)(H,26,32). The number of carbonyl (C=O) groups is 4. The van der Waals surface area contributed by atoms with Gasteiger partial charge in [-0.25, -0.2) is 9.80 Å². The van der Waals surface area contributed by atoms with E-state index in [-0.39, 0.29) is 24.3 Å². The Morgan fingerprint density at radius 1 is 1.18 bits per heavy atom. The third-order valence-electron chi connectivity index (χ3n) is 6.90. The van der Waals surface area contributed by atoms with Crippen molar-refractivity contribution in [2.75, 3.05) is 13.1 Å². The fraction of sp³-hybridized carbons (Fsp3) is 0.583. The summed E-state index contributed by atoms with van der Waals surface area (Å²) in [5.41, 5.74) is 10.4. The molecule has 1 aromatic carbocycles. The second kappa shape index (κ2) is 9.61. The first-order valence-corrected chi connectivity index (χ1v) is 11.9. The number of primary amides is 1. The van der Waals surface area contributed by atoms with Gasteiger partial charge in [-0.05, 0) is 37.7 Å². The summed E-state index contributed by atoms with van der Waals surface area (Å²) in [6.07, 6.45) is 0.798. The first kappa shape index (κ1) is 24.0. The van der Waals surface area contributed by atoms with Gasteiger partial charge in [-0.2, -0.15) is 5.43 Å². The molecule has 10 heteroatoms. The summed E-state index contributed by atoms with van der Waals surface area (Å²) in [5.74, 6) is -1.06. The van der Waals surface area contributed by atoms with E-state index in [0.717, 1.165) is 11.1 Å². The van der Waals surface area contributed by atoms with Gasteiger partial charge in [0, 0.05) is 25.0 Å². The monoisotopic (exact) mass is 470 g/mol. The number of nitrogens with one attached hydrogen (secondary N) is 2. The Hall–Kier alpha value is -3.14. The highest BCUT2D eigenvalue weighted by Crippen LogP contribution is 2.40. The predicted octanol–water partition coefficient (Wildman–Crippen LogP) is 0.905. The molecule has 4 rings (SSSR count). The average Bonchev–Trinajstić information content (AvgIpc) is 3.11. The van der Waals surface area contributed by atoms with Gasteiger partial charge in [0.05, 0.1) is 5.92 Å². The fourth-order valence-corrected chi connectivity index (χ4v) is 5.13. The maximum Gasteiger partial charge on any atom is 0.337 e. The van der Waals surface area contributed by atoms with Crippen molar-refractivity contribution in [1.82, 2.24) is 25.6 Å². The van der Waals surface area contributed by atoms with Crippen molar-refractivity contribution >= 4 is 23.8 Å². The summed E-state index contributed by atoms with van der Waals surface area (Å²) < 4.78 is 0. The number of rotatable bonds is 7. The predicted molar refractivity (Wildman–Crippen MR) is 124 cm³/mol. The third-order valence-corrected chi connectivity index (χ3v) is 6.90. The van der Waals surface area contributed by atoms with Crippen LogP contribution in [0.15, 0.2) is 24.3 Å². The van der Waals surface area contributed by atoms with Crippen LogP contribution in [0.2, 0.25) is 0 Å². The molecule has 0 spiro atoms. The molecular formula is C24H34N6O4. The van der Waals surface area contributed by atoms with Crippen molar-refractivity contribution in [2.45, 2.75) is 58.9 Å². The summed E-state index contributed by atoms with van der Waals surface area (Å²) >= 11 is 0. The number of hydrogen-bond acceptors (Lipinski definition) is 5. The van der Waals surface area contributed by atoms with Crippen LogP contribution in [0.1, 0.15) is 44.2 Å². The van der Waals surface area contributed by atoms with E-state index in [1.165, 1.54) is 5.01 Å². The number of fused-ring (bicyclic) bond motifs is 3. The van der Waals surface area contributed by atoms with Crippen LogP contribution in [0.5, 0.6) is 0 Å². The van der Waals surface area contributed by atoms with E-state index in [0.29, 0.717) is 38.3 Å². The number of benzene rings is 1. The van der Waals surface area contributed by atoms with Crippen LogP contribution in [0.25, 0.3) is 0 Å². The van der Waals surface area contributed by atoms with Gasteiger partial charge >= 0.3 is 6.03 Å². The third kappa shape index (κ3) is 4.72. The second-order valence-electron chi connectivity index (χ2n) is 10.0. The van der Waals surface area contributed by atoms with Gasteiger partial charge in [-0.3, -0.25) is 19.3 Å². The number of nitrogens with two attached hydrogens (primary N) is 1. The van der Waals surface area contributed by atoms with Crippen molar-refractivity contribution in [3.8, 4) is 0 Å². The van der Waals surface area contributed by atoms with E-state index in [1.54, 1.807) is 9.80 Å². The smallest absolute Gasteiger partial charge is 0.337 e. The molecular weight excluding hydrogens is 436 g/mol. The van der Waals surface area contributed by atoms with Gasteiger partial charge in [-0.15, -0.1) is 0 Å². The van der Waals surface area contributed by atoms with Crippen LogP contribution in [0, 0.1) is 24.7 Å². The van der Waals surface area contributed by atoms with Gasteiger partial charge < -0.3 is 16.0 Å². The molecule has 1 aliphatic carbocycles. The number of urea groups is 1. The van der Waals surface area contributed by atoms with Gasteiger partial charge in [0.15, 0.2) is 6.29 Å². The van der Waals surface area contributed by atoms with Gasteiger partial charge in [0.2, 0.25) is 17.7 Å². The topological polar surface area (TPSA) is 128 Å².